The molecule has 3 aromatic rings. The van der Waals surface area contributed by atoms with Crippen molar-refractivity contribution in [1.82, 2.24) is 9.88 Å². The van der Waals surface area contributed by atoms with Gasteiger partial charge in [-0.1, -0.05) is 30.3 Å². The molecule has 0 saturated heterocycles. The highest BCUT2D eigenvalue weighted by Gasteiger charge is 2.13. The van der Waals surface area contributed by atoms with Crippen molar-refractivity contribution >= 4 is 16.8 Å². The summed E-state index contributed by atoms with van der Waals surface area (Å²) in [7, 11) is 1.74. The van der Waals surface area contributed by atoms with Crippen LogP contribution in [0.3, 0.4) is 0 Å². The van der Waals surface area contributed by atoms with Gasteiger partial charge in [-0.05, 0) is 29.3 Å². The Bertz CT molecular complexity index is 809. The Labute approximate surface area is 128 Å². The molecule has 1 amide bonds. The van der Waals surface area contributed by atoms with Crippen molar-refractivity contribution in [1.29, 1.82) is 0 Å². The largest absolute Gasteiger partial charge is 0.361 e. The van der Waals surface area contributed by atoms with Crippen LogP contribution in [-0.4, -0.2) is 22.8 Å². The van der Waals surface area contributed by atoms with Gasteiger partial charge in [0.2, 0.25) is 5.91 Å². The quantitative estimate of drug-likeness (QED) is 0.786. The van der Waals surface area contributed by atoms with E-state index in [9.17, 15) is 9.18 Å². The van der Waals surface area contributed by atoms with Gasteiger partial charge < -0.3 is 9.88 Å². The van der Waals surface area contributed by atoms with Gasteiger partial charge in [0, 0.05) is 30.7 Å². The average molecular weight is 296 g/mol. The van der Waals surface area contributed by atoms with Gasteiger partial charge >= 0.3 is 0 Å². The van der Waals surface area contributed by atoms with Crippen LogP contribution in [0, 0.1) is 5.82 Å². The predicted molar refractivity (Wildman–Crippen MR) is 84.9 cm³/mol. The lowest BCUT2D eigenvalue weighted by molar-refractivity contribution is -0.129. The van der Waals surface area contributed by atoms with Gasteiger partial charge in [-0.25, -0.2) is 4.39 Å². The van der Waals surface area contributed by atoms with Gasteiger partial charge in [-0.2, -0.15) is 0 Å². The summed E-state index contributed by atoms with van der Waals surface area (Å²) in [4.78, 5) is 17.2. The maximum Gasteiger partial charge on any atom is 0.227 e. The highest BCUT2D eigenvalue weighted by Crippen LogP contribution is 2.19. The zero-order valence-corrected chi connectivity index (χ0v) is 12.3. The summed E-state index contributed by atoms with van der Waals surface area (Å²) in [5.74, 6) is -0.274. The number of likely N-dealkylation sites (N-methyl/N-ethyl adjacent to an activating group) is 1. The standard InChI is InChI=1S/C18H17FN2O/c1-21(12-13-5-4-6-15(19)9-13)18(22)10-14-11-20-17-8-3-2-7-16(14)17/h2-9,11,20H,10,12H2,1H3. The molecule has 22 heavy (non-hydrogen) atoms. The number of amides is 1. The minimum atomic E-state index is -0.282. The van der Waals surface area contributed by atoms with Gasteiger partial charge in [-0.15, -0.1) is 0 Å². The molecule has 1 aromatic heterocycles. The van der Waals surface area contributed by atoms with Gasteiger partial charge in [-0.3, -0.25) is 4.79 Å². The van der Waals surface area contributed by atoms with E-state index in [4.69, 9.17) is 0 Å². The number of H-pyrrole nitrogens is 1. The minimum absolute atomic E-state index is 0.00835. The van der Waals surface area contributed by atoms with E-state index in [0.717, 1.165) is 22.0 Å². The van der Waals surface area contributed by atoms with E-state index in [1.165, 1.54) is 12.1 Å². The molecule has 3 rings (SSSR count). The van der Waals surface area contributed by atoms with Gasteiger partial charge in [0.25, 0.3) is 0 Å². The second-order valence-electron chi connectivity index (χ2n) is 5.42. The third-order valence-corrected chi connectivity index (χ3v) is 3.75. The van der Waals surface area contributed by atoms with Crippen LogP contribution in [-0.2, 0) is 17.8 Å². The lowest BCUT2D eigenvalue weighted by Gasteiger charge is -2.17. The van der Waals surface area contributed by atoms with E-state index in [1.807, 2.05) is 36.5 Å². The molecule has 4 heteroatoms. The normalized spacial score (nSPS) is 10.8. The Morgan fingerprint density at radius 3 is 2.82 bits per heavy atom. The predicted octanol–water partition coefficient (Wildman–Crippen LogP) is 3.51. The second kappa shape index (κ2) is 6.02. The number of carbonyl (C=O) groups is 1. The van der Waals surface area contributed by atoms with E-state index in [-0.39, 0.29) is 11.7 Å². The molecule has 0 fully saturated rings. The van der Waals surface area contributed by atoms with Crippen LogP contribution >= 0.6 is 0 Å². The molecule has 0 atom stereocenters. The van der Waals surface area contributed by atoms with E-state index in [0.29, 0.717) is 13.0 Å². The summed E-state index contributed by atoms with van der Waals surface area (Å²) in [6.45, 7) is 0.402. The van der Waals surface area contributed by atoms with E-state index >= 15 is 0 Å². The van der Waals surface area contributed by atoms with Crippen LogP contribution in [0.15, 0.2) is 54.7 Å². The molecule has 0 radical (unpaired) electrons. The fourth-order valence-corrected chi connectivity index (χ4v) is 2.57. The number of hydrogen-bond acceptors (Lipinski definition) is 1. The molecule has 0 spiro atoms. The zero-order valence-electron chi connectivity index (χ0n) is 12.3. The molecule has 0 saturated carbocycles. The van der Waals surface area contributed by atoms with E-state index < -0.39 is 0 Å². The first-order chi connectivity index (χ1) is 10.6. The number of carbonyl (C=O) groups excluding carboxylic acids is 1. The van der Waals surface area contributed by atoms with Gasteiger partial charge in [0.1, 0.15) is 5.82 Å². The van der Waals surface area contributed by atoms with Crippen LogP contribution in [0.1, 0.15) is 11.1 Å². The minimum Gasteiger partial charge on any atom is -0.361 e. The number of benzene rings is 2. The molecule has 112 valence electrons. The molecule has 0 aliphatic rings. The molecule has 1 N–H and O–H groups in total. The number of fused-ring (bicyclic) bond motifs is 1. The number of aromatic amines is 1. The van der Waals surface area contributed by atoms with Crippen molar-refractivity contribution < 1.29 is 9.18 Å². The van der Waals surface area contributed by atoms with E-state index in [1.54, 1.807) is 18.0 Å². The first-order valence-corrected chi connectivity index (χ1v) is 7.17. The molecule has 0 bridgehead atoms. The fourth-order valence-electron chi connectivity index (χ4n) is 2.57. The van der Waals surface area contributed by atoms with Crippen molar-refractivity contribution in [2.24, 2.45) is 0 Å². The number of hydrogen-bond donors (Lipinski definition) is 1. The summed E-state index contributed by atoms with van der Waals surface area (Å²) in [6.07, 6.45) is 2.20. The molecular formula is C18H17FN2O. The van der Waals surface area contributed by atoms with Crippen molar-refractivity contribution in [2.75, 3.05) is 7.05 Å². The van der Waals surface area contributed by atoms with Gasteiger partial charge in [0.15, 0.2) is 0 Å². The van der Waals surface area contributed by atoms with Crippen LogP contribution in [0.5, 0.6) is 0 Å². The summed E-state index contributed by atoms with van der Waals surface area (Å²) in [6, 6.07) is 14.2. The SMILES string of the molecule is CN(Cc1cccc(F)c1)C(=O)Cc1c[nH]c2ccccc12. The van der Waals surface area contributed by atoms with Gasteiger partial charge in [0.05, 0.1) is 6.42 Å². The van der Waals surface area contributed by atoms with Crippen LogP contribution < -0.4 is 0 Å². The smallest absolute Gasteiger partial charge is 0.227 e. The summed E-state index contributed by atoms with van der Waals surface area (Å²) in [5.41, 5.74) is 2.79. The van der Waals surface area contributed by atoms with Crippen molar-refractivity contribution in [2.45, 2.75) is 13.0 Å². The number of rotatable bonds is 4. The maximum absolute atomic E-state index is 13.2. The van der Waals surface area contributed by atoms with Crippen molar-refractivity contribution in [3.8, 4) is 0 Å². The second-order valence-corrected chi connectivity index (χ2v) is 5.42. The Balaban J connectivity index is 1.71. The molecule has 3 nitrogen and oxygen atoms in total. The molecular weight excluding hydrogens is 279 g/mol. The van der Waals surface area contributed by atoms with Crippen LogP contribution in [0.4, 0.5) is 4.39 Å². The third-order valence-electron chi connectivity index (χ3n) is 3.75. The number of aromatic nitrogens is 1. The highest BCUT2D eigenvalue weighted by atomic mass is 19.1. The molecule has 0 aliphatic heterocycles. The first kappa shape index (κ1) is 14.3. The zero-order chi connectivity index (χ0) is 15.5. The lowest BCUT2D eigenvalue weighted by atomic mass is 10.1. The topological polar surface area (TPSA) is 36.1 Å². The maximum atomic E-state index is 13.2. The Kier molecular flexibility index (Phi) is 3.92. The van der Waals surface area contributed by atoms with Crippen LogP contribution in [0.2, 0.25) is 0 Å². The number of nitrogens with one attached hydrogen (secondary N) is 1. The Hall–Kier alpha value is -2.62. The molecule has 0 aliphatic carbocycles. The monoisotopic (exact) mass is 296 g/mol. The Morgan fingerprint density at radius 2 is 2.00 bits per heavy atom. The summed E-state index contributed by atoms with van der Waals surface area (Å²) >= 11 is 0. The Morgan fingerprint density at radius 1 is 1.18 bits per heavy atom. The van der Waals surface area contributed by atoms with Crippen molar-refractivity contribution in [3.05, 3.63) is 71.7 Å². The average Bonchev–Trinajstić information content (AvgIpc) is 2.90. The third kappa shape index (κ3) is 3.01. The van der Waals surface area contributed by atoms with E-state index in [2.05, 4.69) is 4.98 Å². The first-order valence-electron chi connectivity index (χ1n) is 7.17. The summed E-state index contributed by atoms with van der Waals surface area (Å²) < 4.78 is 13.2. The lowest BCUT2D eigenvalue weighted by Crippen LogP contribution is -2.27. The van der Waals surface area contributed by atoms with Crippen LogP contribution in [0.25, 0.3) is 10.9 Å². The number of para-hydroxylation sites is 1. The van der Waals surface area contributed by atoms with Crippen molar-refractivity contribution in [3.63, 3.8) is 0 Å². The molecule has 2 aromatic carbocycles. The highest BCUT2D eigenvalue weighted by molar-refractivity contribution is 5.88. The number of halogens is 1. The number of nitrogens with zero attached hydrogens (tertiary/aromatic N) is 1. The fraction of sp³-hybridized carbons (Fsp3) is 0.167. The molecule has 1 heterocycles. The summed E-state index contributed by atoms with van der Waals surface area (Å²) in [5, 5.41) is 1.06. The molecule has 0 unspecified atom stereocenters.